The third kappa shape index (κ3) is 3.90. The van der Waals surface area contributed by atoms with Gasteiger partial charge in [0.15, 0.2) is 0 Å². The molecule has 0 spiro atoms. The molecule has 0 radical (unpaired) electrons. The van der Waals surface area contributed by atoms with Gasteiger partial charge < -0.3 is 11.1 Å². The molecule has 0 aromatic heterocycles. The Bertz CT molecular complexity index is 572. The van der Waals surface area contributed by atoms with E-state index < -0.39 is 6.04 Å². The van der Waals surface area contributed by atoms with Crippen LogP contribution in [0.4, 0.5) is 4.39 Å². The highest BCUT2D eigenvalue weighted by Gasteiger charge is 2.14. The molecule has 0 fully saturated rings. The van der Waals surface area contributed by atoms with E-state index >= 15 is 0 Å². The normalized spacial score (nSPS) is 11.9. The fraction of sp³-hybridized carbons (Fsp3) is 0.188. The molecule has 1 amide bonds. The molecule has 0 saturated carbocycles. The van der Waals surface area contributed by atoms with Crippen molar-refractivity contribution in [1.29, 1.82) is 0 Å². The van der Waals surface area contributed by atoms with E-state index in [9.17, 15) is 9.18 Å². The smallest absolute Gasteiger partial charge is 0.237 e. The standard InChI is InChI=1S/C16H17FN2O/c17-14-9-5-4-8-13(14)11-19-16(20)15(18)10-12-6-2-1-3-7-12/h1-9,15H,10-11,18H2,(H,19,20)/t15-/m1/s1. The van der Waals surface area contributed by atoms with Crippen LogP contribution in [0, 0.1) is 5.82 Å². The predicted molar refractivity (Wildman–Crippen MR) is 76.4 cm³/mol. The summed E-state index contributed by atoms with van der Waals surface area (Å²) in [5.41, 5.74) is 7.30. The lowest BCUT2D eigenvalue weighted by molar-refractivity contribution is -0.122. The first kappa shape index (κ1) is 14.2. The van der Waals surface area contributed by atoms with E-state index in [-0.39, 0.29) is 18.3 Å². The molecule has 0 aliphatic rings. The van der Waals surface area contributed by atoms with E-state index in [0.717, 1.165) is 5.56 Å². The van der Waals surface area contributed by atoms with Crippen molar-refractivity contribution in [2.45, 2.75) is 19.0 Å². The largest absolute Gasteiger partial charge is 0.351 e. The van der Waals surface area contributed by atoms with E-state index in [1.807, 2.05) is 30.3 Å². The summed E-state index contributed by atoms with van der Waals surface area (Å²) in [7, 11) is 0. The Morgan fingerprint density at radius 3 is 2.45 bits per heavy atom. The molecule has 3 N–H and O–H groups in total. The minimum Gasteiger partial charge on any atom is -0.351 e. The molecule has 1 atom stereocenters. The summed E-state index contributed by atoms with van der Waals surface area (Å²) < 4.78 is 13.4. The molecule has 0 bridgehead atoms. The van der Waals surface area contributed by atoms with Crippen LogP contribution in [-0.4, -0.2) is 11.9 Å². The molecule has 0 heterocycles. The Morgan fingerprint density at radius 1 is 1.10 bits per heavy atom. The molecule has 0 aliphatic carbocycles. The van der Waals surface area contributed by atoms with Crippen LogP contribution in [0.15, 0.2) is 54.6 Å². The summed E-state index contributed by atoms with van der Waals surface area (Å²) >= 11 is 0. The van der Waals surface area contributed by atoms with Crippen LogP contribution in [0.25, 0.3) is 0 Å². The molecular weight excluding hydrogens is 255 g/mol. The van der Waals surface area contributed by atoms with Gasteiger partial charge in [-0.2, -0.15) is 0 Å². The number of carbonyl (C=O) groups is 1. The van der Waals surface area contributed by atoms with Gasteiger partial charge in [-0.15, -0.1) is 0 Å². The van der Waals surface area contributed by atoms with E-state index in [1.165, 1.54) is 6.07 Å². The van der Waals surface area contributed by atoms with Gasteiger partial charge >= 0.3 is 0 Å². The fourth-order valence-electron chi connectivity index (χ4n) is 1.92. The Kier molecular flexibility index (Phi) is 4.85. The molecule has 2 rings (SSSR count). The third-order valence-corrected chi connectivity index (χ3v) is 3.05. The number of carbonyl (C=O) groups excluding carboxylic acids is 1. The summed E-state index contributed by atoms with van der Waals surface area (Å²) in [5, 5.41) is 2.66. The maximum Gasteiger partial charge on any atom is 0.237 e. The summed E-state index contributed by atoms with van der Waals surface area (Å²) in [5.74, 6) is -0.610. The average molecular weight is 272 g/mol. The number of nitrogens with two attached hydrogens (primary N) is 1. The number of hydrogen-bond acceptors (Lipinski definition) is 2. The quantitative estimate of drug-likeness (QED) is 0.875. The van der Waals surface area contributed by atoms with E-state index in [4.69, 9.17) is 5.73 Å². The average Bonchev–Trinajstić information content (AvgIpc) is 2.47. The van der Waals surface area contributed by atoms with Crippen molar-refractivity contribution in [3.63, 3.8) is 0 Å². The zero-order chi connectivity index (χ0) is 14.4. The summed E-state index contributed by atoms with van der Waals surface area (Å²) in [4.78, 5) is 11.9. The Balaban J connectivity index is 1.87. The van der Waals surface area contributed by atoms with Crippen LogP contribution in [0.2, 0.25) is 0 Å². The number of benzene rings is 2. The molecule has 0 saturated heterocycles. The second kappa shape index (κ2) is 6.82. The topological polar surface area (TPSA) is 55.1 Å². The van der Waals surface area contributed by atoms with Gasteiger partial charge in [0, 0.05) is 12.1 Å². The Labute approximate surface area is 117 Å². The summed E-state index contributed by atoms with van der Waals surface area (Å²) in [6.07, 6.45) is 0.462. The minimum atomic E-state index is -0.635. The Morgan fingerprint density at radius 2 is 1.75 bits per heavy atom. The van der Waals surface area contributed by atoms with E-state index in [0.29, 0.717) is 12.0 Å². The molecule has 2 aromatic rings. The lowest BCUT2D eigenvalue weighted by Gasteiger charge is -2.12. The number of rotatable bonds is 5. The molecule has 0 aliphatic heterocycles. The van der Waals surface area contributed by atoms with Gasteiger partial charge in [-0.3, -0.25) is 4.79 Å². The first-order valence-corrected chi connectivity index (χ1v) is 6.47. The van der Waals surface area contributed by atoms with Gasteiger partial charge in [-0.05, 0) is 18.1 Å². The van der Waals surface area contributed by atoms with E-state index in [2.05, 4.69) is 5.32 Å². The molecule has 2 aromatic carbocycles. The third-order valence-electron chi connectivity index (χ3n) is 3.05. The number of hydrogen-bond donors (Lipinski definition) is 2. The van der Waals surface area contributed by atoms with Crippen molar-refractivity contribution in [2.75, 3.05) is 0 Å². The number of amides is 1. The van der Waals surface area contributed by atoms with E-state index in [1.54, 1.807) is 18.2 Å². The van der Waals surface area contributed by atoms with Gasteiger partial charge in [0.25, 0.3) is 0 Å². The second-order valence-electron chi connectivity index (χ2n) is 4.61. The van der Waals surface area contributed by atoms with Gasteiger partial charge in [0.1, 0.15) is 5.82 Å². The predicted octanol–water partition coefficient (Wildman–Crippen LogP) is 2.01. The van der Waals surface area contributed by atoms with Crippen molar-refractivity contribution in [1.82, 2.24) is 5.32 Å². The van der Waals surface area contributed by atoms with Crippen LogP contribution >= 0.6 is 0 Å². The molecule has 3 nitrogen and oxygen atoms in total. The highest BCUT2D eigenvalue weighted by atomic mass is 19.1. The molecular formula is C16H17FN2O. The van der Waals surface area contributed by atoms with Crippen LogP contribution in [0.5, 0.6) is 0 Å². The highest BCUT2D eigenvalue weighted by molar-refractivity contribution is 5.81. The van der Waals surface area contributed by atoms with Gasteiger partial charge in [-0.25, -0.2) is 4.39 Å². The lowest BCUT2D eigenvalue weighted by atomic mass is 10.1. The first-order valence-electron chi connectivity index (χ1n) is 6.47. The fourth-order valence-corrected chi connectivity index (χ4v) is 1.92. The second-order valence-corrected chi connectivity index (χ2v) is 4.61. The van der Waals surface area contributed by atoms with Crippen LogP contribution in [0.3, 0.4) is 0 Å². The highest BCUT2D eigenvalue weighted by Crippen LogP contribution is 2.06. The lowest BCUT2D eigenvalue weighted by Crippen LogP contribution is -2.41. The number of nitrogens with one attached hydrogen (secondary N) is 1. The van der Waals surface area contributed by atoms with Crippen molar-refractivity contribution < 1.29 is 9.18 Å². The van der Waals surface area contributed by atoms with Crippen molar-refractivity contribution in [3.05, 3.63) is 71.5 Å². The van der Waals surface area contributed by atoms with Crippen LogP contribution in [-0.2, 0) is 17.8 Å². The van der Waals surface area contributed by atoms with Gasteiger partial charge in [-0.1, -0.05) is 48.5 Å². The molecule has 4 heteroatoms. The molecule has 104 valence electrons. The zero-order valence-electron chi connectivity index (χ0n) is 11.1. The maximum absolute atomic E-state index is 13.4. The maximum atomic E-state index is 13.4. The van der Waals surface area contributed by atoms with Crippen molar-refractivity contribution in [3.8, 4) is 0 Å². The molecule has 0 unspecified atom stereocenters. The van der Waals surface area contributed by atoms with Crippen LogP contribution in [0.1, 0.15) is 11.1 Å². The van der Waals surface area contributed by atoms with Gasteiger partial charge in [0.2, 0.25) is 5.91 Å². The number of halogens is 1. The SMILES string of the molecule is N[C@H](Cc1ccccc1)C(=O)NCc1ccccc1F. The van der Waals surface area contributed by atoms with Crippen LogP contribution < -0.4 is 11.1 Å². The Hall–Kier alpha value is -2.20. The zero-order valence-corrected chi connectivity index (χ0v) is 11.1. The summed E-state index contributed by atoms with van der Waals surface area (Å²) in [6, 6.07) is 15.3. The monoisotopic (exact) mass is 272 g/mol. The summed E-state index contributed by atoms with van der Waals surface area (Å²) in [6.45, 7) is 0.147. The molecule has 20 heavy (non-hydrogen) atoms. The first-order chi connectivity index (χ1) is 9.66. The van der Waals surface area contributed by atoms with Crippen molar-refractivity contribution >= 4 is 5.91 Å². The van der Waals surface area contributed by atoms with Gasteiger partial charge in [0.05, 0.1) is 6.04 Å². The van der Waals surface area contributed by atoms with Crippen molar-refractivity contribution in [2.24, 2.45) is 5.73 Å². The minimum absolute atomic E-state index is 0.147.